The van der Waals surface area contributed by atoms with Crippen molar-refractivity contribution in [1.82, 2.24) is 5.32 Å². The van der Waals surface area contributed by atoms with Crippen LogP contribution < -0.4 is 10.1 Å². The largest absolute Gasteiger partial charge is 0.496 e. The molecular formula is C14H15NO4S. The summed E-state index contributed by atoms with van der Waals surface area (Å²) in [6.45, 7) is 1.30. The monoisotopic (exact) mass is 293 g/mol. The van der Waals surface area contributed by atoms with Crippen molar-refractivity contribution >= 4 is 33.3 Å². The minimum absolute atomic E-state index is 0.187. The lowest BCUT2D eigenvalue weighted by molar-refractivity contribution is -0.141. The number of hydrogen-bond acceptors (Lipinski definition) is 4. The first-order chi connectivity index (χ1) is 9.52. The Labute approximate surface area is 120 Å². The van der Waals surface area contributed by atoms with E-state index in [2.05, 4.69) is 5.32 Å². The molecule has 2 aromatic rings. The van der Waals surface area contributed by atoms with Crippen LogP contribution in [0, 0.1) is 0 Å². The maximum absolute atomic E-state index is 11.3. The van der Waals surface area contributed by atoms with Gasteiger partial charge in [0.05, 0.1) is 7.11 Å². The summed E-state index contributed by atoms with van der Waals surface area (Å²) < 4.78 is 6.37. The molecule has 2 rings (SSSR count). The summed E-state index contributed by atoms with van der Waals surface area (Å²) in [5.74, 6) is -0.796. The number of hydrogen-bond donors (Lipinski definition) is 2. The predicted octanol–water partition coefficient (Wildman–Crippen LogP) is 2.04. The Morgan fingerprint density at radius 2 is 2.15 bits per heavy atom. The summed E-state index contributed by atoms with van der Waals surface area (Å²) in [6.07, 6.45) is 0.187. The van der Waals surface area contributed by atoms with Crippen LogP contribution in [-0.2, 0) is 16.0 Å². The molecule has 106 valence electrons. The third kappa shape index (κ3) is 2.91. The van der Waals surface area contributed by atoms with Gasteiger partial charge < -0.3 is 15.2 Å². The Morgan fingerprint density at radius 1 is 1.40 bits per heavy atom. The van der Waals surface area contributed by atoms with Crippen LogP contribution in [0.1, 0.15) is 12.5 Å². The van der Waals surface area contributed by atoms with Gasteiger partial charge in [0.2, 0.25) is 5.91 Å². The second kappa shape index (κ2) is 5.92. The number of carbonyl (C=O) groups excluding carboxylic acids is 1. The first-order valence-corrected chi connectivity index (χ1v) is 6.94. The lowest BCUT2D eigenvalue weighted by atomic mass is 10.0. The molecule has 5 nitrogen and oxygen atoms in total. The number of fused-ring (bicyclic) bond motifs is 1. The molecule has 20 heavy (non-hydrogen) atoms. The zero-order valence-electron chi connectivity index (χ0n) is 11.2. The number of benzene rings is 1. The Hall–Kier alpha value is -2.08. The minimum Gasteiger partial charge on any atom is -0.496 e. The van der Waals surface area contributed by atoms with Crippen LogP contribution in [0.4, 0.5) is 0 Å². The number of amides is 1. The Bertz CT molecular complexity index is 650. The van der Waals surface area contributed by atoms with E-state index in [1.54, 1.807) is 18.4 Å². The fraction of sp³-hybridized carbons (Fsp3) is 0.286. The van der Waals surface area contributed by atoms with Crippen molar-refractivity contribution in [2.45, 2.75) is 19.4 Å². The number of nitrogens with one attached hydrogen (secondary N) is 1. The molecule has 0 aliphatic heterocycles. The Balaban J connectivity index is 2.42. The summed E-state index contributed by atoms with van der Waals surface area (Å²) in [6, 6.07) is 4.73. The van der Waals surface area contributed by atoms with Gasteiger partial charge in [0.1, 0.15) is 11.8 Å². The van der Waals surface area contributed by atoms with Gasteiger partial charge in [0.15, 0.2) is 0 Å². The van der Waals surface area contributed by atoms with E-state index in [9.17, 15) is 14.7 Å². The number of carboxylic acid groups (broad SMARTS) is 1. The van der Waals surface area contributed by atoms with E-state index in [4.69, 9.17) is 4.74 Å². The average molecular weight is 293 g/mol. The molecule has 1 heterocycles. The Kier molecular flexibility index (Phi) is 4.24. The average Bonchev–Trinajstić information content (AvgIpc) is 2.86. The lowest BCUT2D eigenvalue weighted by Crippen LogP contribution is -2.41. The van der Waals surface area contributed by atoms with E-state index in [1.165, 1.54) is 6.92 Å². The number of methoxy groups -OCH3 is 1. The highest BCUT2D eigenvalue weighted by molar-refractivity contribution is 7.17. The van der Waals surface area contributed by atoms with Gasteiger partial charge in [0.25, 0.3) is 0 Å². The molecule has 0 aliphatic rings. The summed E-state index contributed by atoms with van der Waals surface area (Å²) in [4.78, 5) is 22.4. The van der Waals surface area contributed by atoms with E-state index < -0.39 is 12.0 Å². The zero-order chi connectivity index (χ0) is 14.7. The minimum atomic E-state index is -1.06. The molecule has 0 saturated carbocycles. The first-order valence-electron chi connectivity index (χ1n) is 6.06. The molecule has 0 spiro atoms. The van der Waals surface area contributed by atoms with Crippen molar-refractivity contribution in [1.29, 1.82) is 0 Å². The molecule has 6 heteroatoms. The SMILES string of the molecule is COc1ccc2sccc2c1CC(NC(C)=O)C(=O)O. The fourth-order valence-corrected chi connectivity index (χ4v) is 2.95. The molecule has 0 fully saturated rings. The second-order valence-electron chi connectivity index (χ2n) is 4.37. The highest BCUT2D eigenvalue weighted by Crippen LogP contribution is 2.32. The van der Waals surface area contributed by atoms with Crippen LogP contribution in [0.25, 0.3) is 10.1 Å². The van der Waals surface area contributed by atoms with Gasteiger partial charge in [-0.05, 0) is 29.0 Å². The van der Waals surface area contributed by atoms with Crippen LogP contribution >= 0.6 is 11.3 Å². The number of rotatable bonds is 5. The van der Waals surface area contributed by atoms with Gasteiger partial charge in [-0.15, -0.1) is 11.3 Å². The molecule has 0 aliphatic carbocycles. The zero-order valence-corrected chi connectivity index (χ0v) is 12.0. The molecule has 1 unspecified atom stereocenters. The van der Waals surface area contributed by atoms with Crippen molar-refractivity contribution in [2.24, 2.45) is 0 Å². The van der Waals surface area contributed by atoms with Crippen LogP contribution in [0.15, 0.2) is 23.6 Å². The summed E-state index contributed by atoms with van der Waals surface area (Å²) in [5, 5.41) is 14.6. The van der Waals surface area contributed by atoms with E-state index in [1.807, 2.05) is 23.6 Å². The number of thiophene rings is 1. The lowest BCUT2D eigenvalue weighted by Gasteiger charge is -2.16. The summed E-state index contributed by atoms with van der Waals surface area (Å²) >= 11 is 1.58. The summed E-state index contributed by atoms with van der Waals surface area (Å²) in [5.41, 5.74) is 0.799. The Morgan fingerprint density at radius 3 is 2.75 bits per heavy atom. The number of carboxylic acids is 1. The second-order valence-corrected chi connectivity index (χ2v) is 5.32. The van der Waals surface area contributed by atoms with Gasteiger partial charge in [0, 0.05) is 23.6 Å². The summed E-state index contributed by atoms with van der Waals surface area (Å²) in [7, 11) is 1.55. The third-order valence-corrected chi connectivity index (χ3v) is 3.89. The van der Waals surface area contributed by atoms with Crippen molar-refractivity contribution in [3.8, 4) is 5.75 Å². The maximum atomic E-state index is 11.3. The van der Waals surface area contributed by atoms with Gasteiger partial charge in [-0.1, -0.05) is 0 Å². The van der Waals surface area contributed by atoms with Crippen molar-refractivity contribution in [3.63, 3.8) is 0 Å². The van der Waals surface area contributed by atoms with Crippen LogP contribution in [0.5, 0.6) is 5.75 Å². The standard InChI is InChI=1S/C14H15NO4S/c1-8(16)15-11(14(17)18)7-10-9-5-6-20-13(9)4-3-12(10)19-2/h3-6,11H,7H2,1-2H3,(H,15,16)(H,17,18). The van der Waals surface area contributed by atoms with Crippen molar-refractivity contribution in [3.05, 3.63) is 29.1 Å². The topological polar surface area (TPSA) is 75.6 Å². The number of aliphatic carboxylic acids is 1. The van der Waals surface area contributed by atoms with E-state index in [0.717, 1.165) is 15.6 Å². The fourth-order valence-electron chi connectivity index (χ4n) is 2.14. The predicted molar refractivity (Wildman–Crippen MR) is 77.3 cm³/mol. The molecule has 1 amide bonds. The van der Waals surface area contributed by atoms with E-state index >= 15 is 0 Å². The van der Waals surface area contributed by atoms with Crippen molar-refractivity contribution in [2.75, 3.05) is 7.11 Å². The normalized spacial score (nSPS) is 12.1. The highest BCUT2D eigenvalue weighted by atomic mass is 32.1. The maximum Gasteiger partial charge on any atom is 0.326 e. The molecule has 1 aromatic carbocycles. The van der Waals surface area contributed by atoms with Gasteiger partial charge in [-0.2, -0.15) is 0 Å². The van der Waals surface area contributed by atoms with Gasteiger partial charge in [-0.25, -0.2) is 4.79 Å². The molecular weight excluding hydrogens is 278 g/mol. The first kappa shape index (κ1) is 14.3. The van der Waals surface area contributed by atoms with Gasteiger partial charge >= 0.3 is 5.97 Å². The molecule has 1 atom stereocenters. The quantitative estimate of drug-likeness (QED) is 0.884. The van der Waals surface area contributed by atoms with E-state index in [0.29, 0.717) is 5.75 Å². The van der Waals surface area contributed by atoms with E-state index in [-0.39, 0.29) is 12.3 Å². The molecule has 2 N–H and O–H groups in total. The van der Waals surface area contributed by atoms with Crippen LogP contribution in [-0.4, -0.2) is 30.1 Å². The van der Waals surface area contributed by atoms with Crippen molar-refractivity contribution < 1.29 is 19.4 Å². The molecule has 0 bridgehead atoms. The molecule has 0 saturated heterocycles. The highest BCUT2D eigenvalue weighted by Gasteiger charge is 2.22. The van der Waals surface area contributed by atoms with Crippen LogP contribution in [0.2, 0.25) is 0 Å². The molecule has 1 aromatic heterocycles. The smallest absolute Gasteiger partial charge is 0.326 e. The molecule has 0 radical (unpaired) electrons. The number of carbonyl (C=O) groups is 2. The number of ether oxygens (including phenoxy) is 1. The third-order valence-electron chi connectivity index (χ3n) is 3.01. The van der Waals surface area contributed by atoms with Crippen LogP contribution in [0.3, 0.4) is 0 Å². The van der Waals surface area contributed by atoms with Gasteiger partial charge in [-0.3, -0.25) is 4.79 Å².